The Bertz CT molecular complexity index is 1620. The number of hydrogen-bond donors (Lipinski definition) is 1. The molecule has 0 heterocycles. The first-order chi connectivity index (χ1) is 22.9. The van der Waals surface area contributed by atoms with Crippen LogP contribution in [0.2, 0.25) is 25.7 Å². The Labute approximate surface area is 299 Å². The summed E-state index contributed by atoms with van der Waals surface area (Å²) in [5, 5.41) is 11.0. The van der Waals surface area contributed by atoms with Gasteiger partial charge in [0.1, 0.15) is 0 Å². The van der Waals surface area contributed by atoms with Crippen LogP contribution in [0.25, 0.3) is 0 Å². The zero-order valence-electron chi connectivity index (χ0n) is 29.1. The summed E-state index contributed by atoms with van der Waals surface area (Å²) in [5.74, 6) is 0.508. The number of carboxylic acid groups (broad SMARTS) is 1. The van der Waals surface area contributed by atoms with Crippen molar-refractivity contribution in [3.63, 3.8) is 0 Å². The minimum absolute atomic E-state index is 0.201. The molecule has 1 N–H and O–H groups in total. The van der Waals surface area contributed by atoms with Crippen LogP contribution in [0.5, 0.6) is 11.5 Å². The zero-order valence-corrected chi connectivity index (χ0v) is 33.6. The molecule has 6 nitrogen and oxygen atoms in total. The Morgan fingerprint density at radius 2 is 1.12 bits per heavy atom. The molecule has 0 unspecified atom stereocenters. The van der Waals surface area contributed by atoms with Crippen molar-refractivity contribution >= 4 is 58.8 Å². The van der Waals surface area contributed by atoms with Crippen molar-refractivity contribution in [2.75, 3.05) is 19.8 Å². The molecular weight excluding hydrogens is 750 g/mol. The van der Waals surface area contributed by atoms with Crippen LogP contribution < -0.4 is 18.4 Å². The van der Waals surface area contributed by atoms with Gasteiger partial charge in [0.05, 0.1) is 0 Å². The maximum atomic E-state index is 12.8. The first kappa shape index (κ1) is 39.1. The van der Waals surface area contributed by atoms with E-state index in [2.05, 4.69) is 56.0 Å². The van der Waals surface area contributed by atoms with Crippen LogP contribution in [-0.4, -0.2) is 74.9 Å². The molecule has 4 rings (SSSR count). The first-order valence-corrected chi connectivity index (χ1v) is 24.0. The molecule has 48 heavy (non-hydrogen) atoms. The molecule has 0 saturated heterocycles. The molecule has 9 heteroatoms. The summed E-state index contributed by atoms with van der Waals surface area (Å²) in [7, 11) is -1.23. The van der Waals surface area contributed by atoms with E-state index in [1.165, 1.54) is 8.92 Å². The van der Waals surface area contributed by atoms with E-state index in [-0.39, 0.29) is 35.9 Å². The Morgan fingerprint density at radius 3 is 1.54 bits per heavy atom. The van der Waals surface area contributed by atoms with Crippen LogP contribution in [0.4, 0.5) is 0 Å². The van der Waals surface area contributed by atoms with Crippen molar-refractivity contribution in [3.8, 4) is 11.5 Å². The van der Waals surface area contributed by atoms with Gasteiger partial charge in [-0.15, -0.1) is 0 Å². The SMILES string of the molecule is CCOc1cc(C)c(C(=O)O)c(C[Se]c2ccccc2)c1.CCOc1cc(C)c(C(=O)OCC[Si](C)(C)C)c(C[Se]c2ccccc2)c1. The molecule has 0 radical (unpaired) electrons. The summed E-state index contributed by atoms with van der Waals surface area (Å²) < 4.78 is 19.5. The van der Waals surface area contributed by atoms with Crippen molar-refractivity contribution in [1.29, 1.82) is 0 Å². The van der Waals surface area contributed by atoms with Gasteiger partial charge in [-0.3, -0.25) is 0 Å². The van der Waals surface area contributed by atoms with Gasteiger partial charge in [0.2, 0.25) is 0 Å². The van der Waals surface area contributed by atoms with Gasteiger partial charge in [0.15, 0.2) is 0 Å². The van der Waals surface area contributed by atoms with Crippen molar-refractivity contribution in [2.45, 2.75) is 64.0 Å². The number of hydrogen-bond acceptors (Lipinski definition) is 5. The van der Waals surface area contributed by atoms with E-state index in [4.69, 9.17) is 14.2 Å². The molecule has 4 aromatic rings. The third-order valence-electron chi connectivity index (χ3n) is 7.18. The zero-order chi connectivity index (χ0) is 35.1. The van der Waals surface area contributed by atoms with Crippen LogP contribution in [-0.2, 0) is 15.4 Å². The monoisotopic (exact) mass is 800 g/mol. The molecule has 4 aromatic carbocycles. The van der Waals surface area contributed by atoms with E-state index >= 15 is 0 Å². The van der Waals surface area contributed by atoms with Crippen LogP contribution in [0.3, 0.4) is 0 Å². The third kappa shape index (κ3) is 12.9. The molecule has 0 bridgehead atoms. The van der Waals surface area contributed by atoms with Crippen molar-refractivity contribution in [1.82, 2.24) is 0 Å². The summed E-state index contributed by atoms with van der Waals surface area (Å²) in [6.45, 7) is 16.3. The van der Waals surface area contributed by atoms with Crippen molar-refractivity contribution in [3.05, 3.63) is 118 Å². The number of carboxylic acids is 1. The van der Waals surface area contributed by atoms with Gasteiger partial charge in [-0.2, -0.15) is 0 Å². The van der Waals surface area contributed by atoms with Gasteiger partial charge >= 0.3 is 301 Å². The summed E-state index contributed by atoms with van der Waals surface area (Å²) in [6, 6.07) is 29.2. The molecule has 0 spiro atoms. The predicted molar refractivity (Wildman–Crippen MR) is 201 cm³/mol. The van der Waals surface area contributed by atoms with Crippen LogP contribution in [0.1, 0.15) is 56.8 Å². The summed E-state index contributed by atoms with van der Waals surface area (Å²) in [5.41, 5.74) is 4.70. The number of rotatable bonds is 15. The molecule has 0 amide bonds. The fourth-order valence-electron chi connectivity index (χ4n) is 4.85. The number of carbonyl (C=O) groups excluding carboxylic acids is 1. The number of esters is 1. The van der Waals surface area contributed by atoms with E-state index in [1.807, 2.05) is 70.2 Å². The van der Waals surface area contributed by atoms with Gasteiger partial charge < -0.3 is 0 Å². The quantitative estimate of drug-likeness (QED) is 0.103. The topological polar surface area (TPSA) is 82.1 Å². The van der Waals surface area contributed by atoms with Crippen LogP contribution >= 0.6 is 0 Å². The number of aryl methyl sites for hydroxylation is 2. The van der Waals surface area contributed by atoms with E-state index in [0.29, 0.717) is 30.9 Å². The van der Waals surface area contributed by atoms with Gasteiger partial charge in [0.25, 0.3) is 0 Å². The maximum absolute atomic E-state index is 12.8. The Kier molecular flexibility index (Phi) is 16.0. The van der Waals surface area contributed by atoms with E-state index in [0.717, 1.165) is 50.4 Å². The minimum atomic E-state index is -1.23. The molecule has 256 valence electrons. The summed E-state index contributed by atoms with van der Waals surface area (Å²) in [4.78, 5) is 24.3. The molecule has 0 aromatic heterocycles. The molecule has 0 aliphatic rings. The standard InChI is InChI=1S/C22H30O3SeSi.C17H18O3Se/c1-6-24-19-14-17(2)21(22(23)25-12-13-27(3,4)5)18(15-19)16-26-20-10-8-7-9-11-20;1-3-20-14-9-12(2)16(17(18)19)13(10-14)11-21-15-7-5-4-6-8-15/h7-11,14-15H,6,12-13,16H2,1-5H3;4-10H,3,11H2,1-2H3,(H,18,19). The normalized spacial score (nSPS) is 10.9. The average molecular weight is 799 g/mol. The average Bonchev–Trinajstić information content (AvgIpc) is 3.03. The molecule has 0 saturated carbocycles. The third-order valence-corrected chi connectivity index (χ3v) is 13.3. The molecule has 0 atom stereocenters. The van der Waals surface area contributed by atoms with Gasteiger partial charge in [-0.05, 0) is 0 Å². The number of ether oxygens (including phenoxy) is 3. The number of carbonyl (C=O) groups is 2. The van der Waals surface area contributed by atoms with E-state index in [1.54, 1.807) is 6.07 Å². The number of aromatic carboxylic acids is 1. The van der Waals surface area contributed by atoms with E-state index in [9.17, 15) is 14.7 Å². The van der Waals surface area contributed by atoms with Crippen LogP contribution in [0, 0.1) is 13.8 Å². The first-order valence-electron chi connectivity index (χ1n) is 16.2. The second kappa shape index (κ2) is 19.6. The van der Waals surface area contributed by atoms with Gasteiger partial charge in [-0.25, -0.2) is 0 Å². The predicted octanol–water partition coefficient (Wildman–Crippen LogP) is 7.04. The fraction of sp³-hybridized carbons (Fsp3) is 0.333. The van der Waals surface area contributed by atoms with Gasteiger partial charge in [0, 0.05) is 0 Å². The number of benzene rings is 4. The summed E-state index contributed by atoms with van der Waals surface area (Å²) in [6.07, 6.45) is 0. The van der Waals surface area contributed by atoms with Crippen LogP contribution in [0.15, 0.2) is 84.9 Å². The van der Waals surface area contributed by atoms with Crippen molar-refractivity contribution < 1.29 is 28.9 Å². The molecular formula is C39H48O6Se2Si. The van der Waals surface area contributed by atoms with Crippen molar-refractivity contribution in [2.24, 2.45) is 0 Å². The van der Waals surface area contributed by atoms with E-state index < -0.39 is 14.0 Å². The molecule has 0 aliphatic carbocycles. The molecule has 0 fully saturated rings. The fourth-order valence-corrected chi connectivity index (χ4v) is 9.34. The Hall–Kier alpha value is -3.32. The Balaban J connectivity index is 0.000000269. The summed E-state index contributed by atoms with van der Waals surface area (Å²) >= 11 is 0.467. The second-order valence-corrected chi connectivity index (χ2v) is 22.4. The van der Waals surface area contributed by atoms with Gasteiger partial charge in [-0.1, -0.05) is 0 Å². The second-order valence-electron chi connectivity index (χ2n) is 12.4. The molecule has 0 aliphatic heterocycles. The Morgan fingerprint density at radius 1 is 0.688 bits per heavy atom.